The fraction of sp³-hybridized carbons (Fsp3) is 0.312. The molecular weight excluding hydrogens is 319 g/mol. The molecule has 23 heavy (non-hydrogen) atoms. The zero-order chi connectivity index (χ0) is 17.0. The normalized spacial score (nSPS) is 10.7. The molecule has 5 nitrogen and oxygen atoms in total. The summed E-state index contributed by atoms with van der Waals surface area (Å²) in [4.78, 5) is 29.7. The Balaban J connectivity index is 2.22. The summed E-state index contributed by atoms with van der Waals surface area (Å²) >= 11 is 1.29. The minimum Gasteiger partial charge on any atom is -0.468 e. The Kier molecular flexibility index (Phi) is 5.44. The molecule has 0 aliphatic rings. The van der Waals surface area contributed by atoms with Crippen LogP contribution in [0.5, 0.6) is 0 Å². The molecule has 1 aromatic heterocycles. The SMILES string of the molecule is COC(=O)CN(C(=O)c1csc(-c2ccc(F)cc2)n1)C(C)C. The molecule has 0 saturated carbocycles. The van der Waals surface area contributed by atoms with Gasteiger partial charge in [-0.15, -0.1) is 11.3 Å². The molecule has 0 radical (unpaired) electrons. The van der Waals surface area contributed by atoms with Gasteiger partial charge in [-0.1, -0.05) is 0 Å². The smallest absolute Gasteiger partial charge is 0.325 e. The lowest BCUT2D eigenvalue weighted by molar-refractivity contribution is -0.141. The second-order valence-corrected chi connectivity index (χ2v) is 6.01. The minimum absolute atomic E-state index is 0.129. The Hall–Kier alpha value is -2.28. The fourth-order valence-corrected chi connectivity index (χ4v) is 2.74. The number of methoxy groups -OCH3 is 1. The number of halogens is 1. The van der Waals surface area contributed by atoms with Crippen LogP contribution < -0.4 is 0 Å². The summed E-state index contributed by atoms with van der Waals surface area (Å²) in [6.45, 7) is 3.50. The number of benzene rings is 1. The summed E-state index contributed by atoms with van der Waals surface area (Å²) in [5.41, 5.74) is 0.992. The predicted molar refractivity (Wildman–Crippen MR) is 85.7 cm³/mol. The van der Waals surface area contributed by atoms with Gasteiger partial charge >= 0.3 is 5.97 Å². The zero-order valence-corrected chi connectivity index (χ0v) is 13.9. The summed E-state index contributed by atoms with van der Waals surface area (Å²) in [5.74, 6) is -1.15. The zero-order valence-electron chi connectivity index (χ0n) is 13.1. The first-order valence-electron chi connectivity index (χ1n) is 7.01. The van der Waals surface area contributed by atoms with Crippen molar-refractivity contribution in [3.05, 3.63) is 41.2 Å². The largest absolute Gasteiger partial charge is 0.468 e. The number of ether oxygens (including phenoxy) is 1. The molecule has 0 N–H and O–H groups in total. The van der Waals surface area contributed by atoms with Gasteiger partial charge in [0.05, 0.1) is 7.11 Å². The van der Waals surface area contributed by atoms with Crippen molar-refractivity contribution in [2.75, 3.05) is 13.7 Å². The maximum atomic E-state index is 13.0. The van der Waals surface area contributed by atoms with Gasteiger partial charge in [-0.05, 0) is 38.1 Å². The molecule has 1 heterocycles. The standard InChI is InChI=1S/C16H17FN2O3S/c1-10(2)19(8-14(20)22-3)16(21)13-9-23-15(18-13)11-4-6-12(17)7-5-11/h4-7,9-10H,8H2,1-3H3. The van der Waals surface area contributed by atoms with Crippen LogP contribution in [0.1, 0.15) is 24.3 Å². The van der Waals surface area contributed by atoms with Crippen molar-refractivity contribution < 1.29 is 18.7 Å². The van der Waals surface area contributed by atoms with Crippen LogP contribution in [0.3, 0.4) is 0 Å². The van der Waals surface area contributed by atoms with Gasteiger partial charge in [0.1, 0.15) is 23.1 Å². The Labute approximate surface area is 137 Å². The van der Waals surface area contributed by atoms with E-state index in [0.717, 1.165) is 5.56 Å². The van der Waals surface area contributed by atoms with Gasteiger partial charge in [0, 0.05) is 17.0 Å². The van der Waals surface area contributed by atoms with E-state index in [9.17, 15) is 14.0 Å². The first kappa shape index (κ1) is 17.1. The number of aromatic nitrogens is 1. The van der Waals surface area contributed by atoms with Gasteiger partial charge in [0.25, 0.3) is 5.91 Å². The molecule has 122 valence electrons. The Bertz CT molecular complexity index is 698. The average Bonchev–Trinajstić information content (AvgIpc) is 3.02. The van der Waals surface area contributed by atoms with Gasteiger partial charge in [-0.25, -0.2) is 9.37 Å². The maximum Gasteiger partial charge on any atom is 0.325 e. The number of hydrogen-bond donors (Lipinski definition) is 0. The van der Waals surface area contributed by atoms with E-state index in [1.165, 1.54) is 35.5 Å². The third-order valence-corrected chi connectivity index (χ3v) is 4.12. The van der Waals surface area contributed by atoms with Crippen molar-refractivity contribution >= 4 is 23.2 Å². The summed E-state index contributed by atoms with van der Waals surface area (Å²) in [6.07, 6.45) is 0. The summed E-state index contributed by atoms with van der Waals surface area (Å²) in [6, 6.07) is 5.73. The van der Waals surface area contributed by atoms with E-state index >= 15 is 0 Å². The van der Waals surface area contributed by atoms with Gasteiger partial charge in [0.2, 0.25) is 0 Å². The highest BCUT2D eigenvalue weighted by atomic mass is 32.1. The second-order valence-electron chi connectivity index (χ2n) is 5.15. The molecule has 0 spiro atoms. The first-order valence-corrected chi connectivity index (χ1v) is 7.89. The van der Waals surface area contributed by atoms with Gasteiger partial charge in [-0.3, -0.25) is 9.59 Å². The van der Waals surface area contributed by atoms with E-state index in [4.69, 9.17) is 0 Å². The van der Waals surface area contributed by atoms with Crippen molar-refractivity contribution in [2.45, 2.75) is 19.9 Å². The minimum atomic E-state index is -0.485. The van der Waals surface area contributed by atoms with Crippen LogP contribution in [0.25, 0.3) is 10.6 Å². The number of carbonyl (C=O) groups is 2. The number of esters is 1. The number of nitrogens with zero attached hydrogens (tertiary/aromatic N) is 2. The fourth-order valence-electron chi connectivity index (χ4n) is 1.94. The molecule has 0 saturated heterocycles. The van der Waals surface area contributed by atoms with E-state index in [2.05, 4.69) is 9.72 Å². The maximum absolute atomic E-state index is 13.0. The monoisotopic (exact) mass is 336 g/mol. The molecule has 0 unspecified atom stereocenters. The highest BCUT2D eigenvalue weighted by molar-refractivity contribution is 7.13. The van der Waals surface area contributed by atoms with E-state index in [-0.39, 0.29) is 30.0 Å². The number of carbonyl (C=O) groups excluding carboxylic acids is 2. The molecule has 2 aromatic rings. The van der Waals surface area contributed by atoms with Crippen LogP contribution >= 0.6 is 11.3 Å². The molecule has 2 rings (SSSR count). The Morgan fingerprint density at radius 2 is 1.96 bits per heavy atom. The molecule has 7 heteroatoms. The topological polar surface area (TPSA) is 59.5 Å². The van der Waals surface area contributed by atoms with E-state index in [0.29, 0.717) is 5.01 Å². The summed E-state index contributed by atoms with van der Waals surface area (Å²) < 4.78 is 17.6. The van der Waals surface area contributed by atoms with Crippen molar-refractivity contribution in [3.63, 3.8) is 0 Å². The van der Waals surface area contributed by atoms with Crippen molar-refractivity contribution in [1.82, 2.24) is 9.88 Å². The highest BCUT2D eigenvalue weighted by Crippen LogP contribution is 2.24. The third kappa shape index (κ3) is 4.13. The average molecular weight is 336 g/mol. The van der Waals surface area contributed by atoms with E-state index in [1.807, 2.05) is 13.8 Å². The lowest BCUT2D eigenvalue weighted by Crippen LogP contribution is -2.41. The molecule has 1 amide bonds. The van der Waals surface area contributed by atoms with Crippen molar-refractivity contribution in [3.8, 4) is 10.6 Å². The van der Waals surface area contributed by atoms with Crippen molar-refractivity contribution in [2.24, 2.45) is 0 Å². The molecule has 0 fully saturated rings. The quantitative estimate of drug-likeness (QED) is 0.788. The molecule has 0 bridgehead atoms. The molecule has 0 aliphatic carbocycles. The second kappa shape index (κ2) is 7.32. The highest BCUT2D eigenvalue weighted by Gasteiger charge is 2.24. The number of thiazole rings is 1. The Morgan fingerprint density at radius 1 is 1.30 bits per heavy atom. The molecular formula is C16H17FN2O3S. The van der Waals surface area contributed by atoms with Crippen LogP contribution in [0.15, 0.2) is 29.6 Å². The lowest BCUT2D eigenvalue weighted by Gasteiger charge is -2.24. The summed E-state index contributed by atoms with van der Waals surface area (Å²) in [5, 5.41) is 2.25. The molecule has 0 atom stereocenters. The number of amides is 1. The first-order chi connectivity index (χ1) is 10.9. The van der Waals surface area contributed by atoms with E-state index < -0.39 is 5.97 Å². The van der Waals surface area contributed by atoms with Gasteiger partial charge < -0.3 is 9.64 Å². The van der Waals surface area contributed by atoms with Crippen LogP contribution in [-0.2, 0) is 9.53 Å². The van der Waals surface area contributed by atoms with Crippen molar-refractivity contribution in [1.29, 1.82) is 0 Å². The molecule has 0 aliphatic heterocycles. The predicted octanol–water partition coefficient (Wildman–Crippen LogP) is 2.97. The third-order valence-electron chi connectivity index (χ3n) is 3.23. The number of rotatable bonds is 5. The summed E-state index contributed by atoms with van der Waals surface area (Å²) in [7, 11) is 1.28. The number of hydrogen-bond acceptors (Lipinski definition) is 5. The van der Waals surface area contributed by atoms with Crippen LogP contribution in [0.4, 0.5) is 4.39 Å². The lowest BCUT2D eigenvalue weighted by atomic mass is 10.2. The van der Waals surface area contributed by atoms with Crippen LogP contribution in [0.2, 0.25) is 0 Å². The van der Waals surface area contributed by atoms with Gasteiger partial charge in [0.15, 0.2) is 0 Å². The van der Waals surface area contributed by atoms with E-state index in [1.54, 1.807) is 17.5 Å². The van der Waals surface area contributed by atoms with Gasteiger partial charge in [-0.2, -0.15) is 0 Å². The Morgan fingerprint density at radius 3 is 2.52 bits per heavy atom. The van der Waals surface area contributed by atoms with Crippen LogP contribution in [-0.4, -0.2) is 41.5 Å². The molecule has 1 aromatic carbocycles. The van der Waals surface area contributed by atoms with Crippen LogP contribution in [0, 0.1) is 5.82 Å².